The molecule has 0 radical (unpaired) electrons. The molecule has 1 aromatic carbocycles. The van der Waals surface area contributed by atoms with Gasteiger partial charge in [-0.1, -0.05) is 51.5 Å². The molecule has 8 nitrogen and oxygen atoms in total. The largest absolute Gasteiger partial charge is 0.493 e. The van der Waals surface area contributed by atoms with Crippen molar-refractivity contribution in [2.24, 2.45) is 5.92 Å². The van der Waals surface area contributed by atoms with Gasteiger partial charge in [-0.05, 0) is 64.6 Å². The van der Waals surface area contributed by atoms with Crippen molar-refractivity contribution in [3.8, 4) is 11.6 Å². The van der Waals surface area contributed by atoms with Crippen molar-refractivity contribution in [3.05, 3.63) is 41.5 Å². The third kappa shape index (κ3) is 6.10. The maximum absolute atomic E-state index is 13.4. The van der Waals surface area contributed by atoms with Crippen LogP contribution in [-0.2, 0) is 12.0 Å². The van der Waals surface area contributed by atoms with Gasteiger partial charge in [-0.25, -0.2) is 0 Å². The Hall–Kier alpha value is -3.16. The van der Waals surface area contributed by atoms with E-state index in [4.69, 9.17) is 15.2 Å². The van der Waals surface area contributed by atoms with E-state index in [-0.39, 0.29) is 23.7 Å². The lowest BCUT2D eigenvalue weighted by atomic mass is 9.85. The number of ether oxygens (including phenoxy) is 2. The second-order valence-corrected chi connectivity index (χ2v) is 10.5. The van der Waals surface area contributed by atoms with Crippen molar-refractivity contribution in [2.45, 2.75) is 78.2 Å². The van der Waals surface area contributed by atoms with Gasteiger partial charge in [0.15, 0.2) is 6.54 Å². The number of anilines is 1. The van der Waals surface area contributed by atoms with Crippen LogP contribution in [0.2, 0.25) is 0 Å². The molecule has 1 aliphatic rings. The van der Waals surface area contributed by atoms with Gasteiger partial charge in [-0.2, -0.15) is 0 Å². The van der Waals surface area contributed by atoms with Crippen molar-refractivity contribution in [2.75, 3.05) is 18.9 Å². The Labute approximate surface area is 207 Å². The van der Waals surface area contributed by atoms with Gasteiger partial charge < -0.3 is 15.2 Å². The number of benzene rings is 1. The molecule has 35 heavy (non-hydrogen) atoms. The lowest BCUT2D eigenvalue weighted by molar-refractivity contribution is -0.714. The number of carbonyl (C=O) groups excluding carboxylic acids is 1. The number of unbranched alkanes of at least 4 members (excludes halogenated alkanes) is 2. The zero-order valence-electron chi connectivity index (χ0n) is 21.4. The lowest BCUT2D eigenvalue weighted by Crippen LogP contribution is -2.40. The Morgan fingerprint density at radius 1 is 1.17 bits per heavy atom. The third-order valence-corrected chi connectivity index (χ3v) is 6.59. The fourth-order valence-electron chi connectivity index (χ4n) is 4.08. The summed E-state index contributed by atoms with van der Waals surface area (Å²) in [6.07, 6.45) is 6.93. The summed E-state index contributed by atoms with van der Waals surface area (Å²) in [6, 6.07) is 9.48. The van der Waals surface area contributed by atoms with E-state index in [1.807, 2.05) is 18.2 Å². The predicted molar refractivity (Wildman–Crippen MR) is 135 cm³/mol. The molecule has 1 saturated carbocycles. The van der Waals surface area contributed by atoms with E-state index in [1.54, 1.807) is 10.7 Å². The summed E-state index contributed by atoms with van der Waals surface area (Å²) in [6.45, 7) is 9.92. The first-order valence-electron chi connectivity index (χ1n) is 12.7. The molecule has 4 rings (SSSR count). The molecule has 3 aromatic rings. The fraction of sp³-hybridized carbons (Fsp3) is 0.556. The Morgan fingerprint density at radius 2 is 1.97 bits per heavy atom. The van der Waals surface area contributed by atoms with Crippen molar-refractivity contribution >= 4 is 17.4 Å². The highest BCUT2D eigenvalue weighted by Gasteiger charge is 2.25. The van der Waals surface area contributed by atoms with Crippen molar-refractivity contribution < 1.29 is 19.0 Å². The fourth-order valence-corrected chi connectivity index (χ4v) is 4.08. The number of carbonyl (C=O) groups is 1. The van der Waals surface area contributed by atoms with Gasteiger partial charge in [-0.3, -0.25) is 4.79 Å². The Balaban J connectivity index is 1.53. The van der Waals surface area contributed by atoms with Gasteiger partial charge in [0.1, 0.15) is 5.75 Å². The van der Waals surface area contributed by atoms with E-state index in [0.29, 0.717) is 36.2 Å². The van der Waals surface area contributed by atoms with Crippen LogP contribution in [0.5, 0.6) is 11.6 Å². The molecule has 2 aromatic heterocycles. The molecule has 0 spiro atoms. The Morgan fingerprint density at radius 3 is 2.66 bits per heavy atom. The van der Waals surface area contributed by atoms with E-state index in [2.05, 4.69) is 44.0 Å². The number of rotatable bonds is 11. The molecule has 0 bridgehead atoms. The summed E-state index contributed by atoms with van der Waals surface area (Å²) in [7, 11) is 0. The van der Waals surface area contributed by atoms with Gasteiger partial charge in [0.25, 0.3) is 5.88 Å². The Kier molecular flexibility index (Phi) is 7.57. The SMILES string of the molecule is CCCCCOc1ccc2n(n1)c(N)n[n+]2CC(=O)c1cc(OCC2CCC2)cc(C(C)(C)C)c1. The number of ketones is 1. The van der Waals surface area contributed by atoms with Gasteiger partial charge in [0.05, 0.1) is 13.2 Å². The molecule has 1 aliphatic carbocycles. The normalized spacial score (nSPS) is 14.2. The summed E-state index contributed by atoms with van der Waals surface area (Å²) in [4.78, 5) is 13.4. The standard InChI is InChI=1S/C27H38N5O3/c1-5-6-7-13-34-24-11-12-25-31(30-26(28)32(25)29-24)17-23(33)20-14-21(27(2,3)4)16-22(15-20)35-18-19-9-8-10-19/h11-12,14-16,19H,5-10,13,17-18H2,1-4H3,(H2,28,30)/q+1. The predicted octanol–water partition coefficient (Wildman–Crippen LogP) is 4.53. The zero-order chi connectivity index (χ0) is 25.0. The van der Waals surface area contributed by atoms with Gasteiger partial charge in [0.2, 0.25) is 5.78 Å². The van der Waals surface area contributed by atoms with E-state index >= 15 is 0 Å². The molecule has 0 unspecified atom stereocenters. The minimum atomic E-state index is -0.110. The molecule has 0 aliphatic heterocycles. The average molecular weight is 481 g/mol. The quantitative estimate of drug-likeness (QED) is 0.246. The number of aromatic nitrogens is 4. The van der Waals surface area contributed by atoms with Gasteiger partial charge >= 0.3 is 11.6 Å². The second-order valence-electron chi connectivity index (χ2n) is 10.5. The molecule has 8 heteroatoms. The van der Waals surface area contributed by atoms with Crippen molar-refractivity contribution in [3.63, 3.8) is 0 Å². The van der Waals surface area contributed by atoms with E-state index in [9.17, 15) is 4.79 Å². The number of fused-ring (bicyclic) bond motifs is 1. The van der Waals surface area contributed by atoms with Crippen molar-refractivity contribution in [1.82, 2.24) is 14.7 Å². The highest BCUT2D eigenvalue weighted by atomic mass is 16.5. The first-order chi connectivity index (χ1) is 16.7. The highest BCUT2D eigenvalue weighted by Crippen LogP contribution is 2.30. The van der Waals surface area contributed by atoms with Crippen LogP contribution in [-0.4, -0.2) is 33.7 Å². The molecule has 1 fully saturated rings. The summed E-state index contributed by atoms with van der Waals surface area (Å²) in [5, 5.41) is 8.81. The molecular formula is C27H38N5O3+. The van der Waals surface area contributed by atoms with Crippen LogP contribution < -0.4 is 19.9 Å². The summed E-state index contributed by atoms with van der Waals surface area (Å²) >= 11 is 0. The molecule has 188 valence electrons. The second kappa shape index (κ2) is 10.6. The summed E-state index contributed by atoms with van der Waals surface area (Å²) in [5.41, 5.74) is 8.31. The number of nitrogen functional groups attached to an aromatic ring is 1. The number of hydrogen-bond acceptors (Lipinski definition) is 6. The first kappa shape index (κ1) is 24.9. The molecule has 0 atom stereocenters. The van der Waals surface area contributed by atoms with Crippen LogP contribution in [0.25, 0.3) is 5.65 Å². The zero-order valence-corrected chi connectivity index (χ0v) is 21.4. The van der Waals surface area contributed by atoms with Crippen LogP contribution >= 0.6 is 0 Å². The third-order valence-electron chi connectivity index (χ3n) is 6.59. The van der Waals surface area contributed by atoms with Crippen LogP contribution in [0, 0.1) is 5.92 Å². The molecule has 2 N–H and O–H groups in total. The number of Topliss-reactive ketones (excluding diaryl/α,β-unsaturated/α-hetero) is 1. The van der Waals surface area contributed by atoms with Crippen LogP contribution in [0.15, 0.2) is 30.3 Å². The molecular weight excluding hydrogens is 442 g/mol. The van der Waals surface area contributed by atoms with Gasteiger partial charge in [-0.15, -0.1) is 4.68 Å². The highest BCUT2D eigenvalue weighted by molar-refractivity contribution is 5.95. The molecule has 0 saturated heterocycles. The average Bonchev–Trinajstić information content (AvgIpc) is 3.09. The molecule has 0 amide bonds. The van der Waals surface area contributed by atoms with E-state index < -0.39 is 0 Å². The summed E-state index contributed by atoms with van der Waals surface area (Å²) in [5.74, 6) is 2.01. The first-order valence-corrected chi connectivity index (χ1v) is 12.7. The molecule has 2 heterocycles. The smallest absolute Gasteiger partial charge is 0.355 e. The number of nitrogens with zero attached hydrogens (tertiary/aromatic N) is 4. The Bertz CT molecular complexity index is 1180. The van der Waals surface area contributed by atoms with Crippen LogP contribution in [0.4, 0.5) is 5.95 Å². The van der Waals surface area contributed by atoms with Crippen molar-refractivity contribution in [1.29, 1.82) is 0 Å². The van der Waals surface area contributed by atoms with Crippen LogP contribution in [0.1, 0.15) is 82.1 Å². The lowest BCUT2D eigenvalue weighted by Gasteiger charge is -2.26. The van der Waals surface area contributed by atoms with E-state index in [1.165, 1.54) is 23.8 Å². The monoisotopic (exact) mass is 480 g/mol. The topological polar surface area (TPSA) is 95.6 Å². The number of hydrogen-bond donors (Lipinski definition) is 1. The van der Waals surface area contributed by atoms with Gasteiger partial charge in [0, 0.05) is 17.7 Å². The maximum atomic E-state index is 13.4. The maximum Gasteiger partial charge on any atom is 0.355 e. The van der Waals surface area contributed by atoms with E-state index in [0.717, 1.165) is 30.6 Å². The minimum Gasteiger partial charge on any atom is -0.493 e. The number of nitrogens with two attached hydrogens (primary N) is 1. The van der Waals surface area contributed by atoms with Crippen LogP contribution in [0.3, 0.4) is 0 Å². The summed E-state index contributed by atoms with van der Waals surface area (Å²) < 4.78 is 14.9. The minimum absolute atomic E-state index is 0.0503.